The summed E-state index contributed by atoms with van der Waals surface area (Å²) in [7, 11) is 0. The summed E-state index contributed by atoms with van der Waals surface area (Å²) in [6.07, 6.45) is 1.52. The molecular formula is C22H12ClN5O2. The van der Waals surface area contributed by atoms with Crippen molar-refractivity contribution in [2.75, 3.05) is 0 Å². The second-order valence-corrected chi connectivity index (χ2v) is 7.11. The van der Waals surface area contributed by atoms with Crippen molar-refractivity contribution in [3.8, 4) is 28.8 Å². The smallest absolute Gasteiger partial charge is 0.209 e. The molecule has 144 valence electrons. The van der Waals surface area contributed by atoms with Gasteiger partial charge < -0.3 is 9.40 Å². The van der Waals surface area contributed by atoms with Gasteiger partial charge in [-0.25, -0.2) is 15.0 Å². The van der Waals surface area contributed by atoms with Gasteiger partial charge in [0.15, 0.2) is 22.5 Å². The van der Waals surface area contributed by atoms with Gasteiger partial charge in [0.25, 0.3) is 0 Å². The molecule has 0 aliphatic rings. The van der Waals surface area contributed by atoms with Crippen LogP contribution in [0, 0.1) is 18.3 Å². The molecule has 0 saturated heterocycles. The molecule has 0 spiro atoms. The molecule has 5 rings (SSSR count). The highest BCUT2D eigenvalue weighted by atomic mass is 35.5. The van der Waals surface area contributed by atoms with Crippen LogP contribution in [-0.2, 0) is 0 Å². The lowest BCUT2D eigenvalue weighted by Crippen LogP contribution is -2.06. The summed E-state index contributed by atoms with van der Waals surface area (Å²) in [6, 6.07) is 14.1. The molecule has 0 unspecified atom stereocenters. The van der Waals surface area contributed by atoms with Gasteiger partial charge in [0.05, 0.1) is 5.56 Å². The van der Waals surface area contributed by atoms with Crippen LogP contribution in [0.1, 0.15) is 11.3 Å². The van der Waals surface area contributed by atoms with Crippen molar-refractivity contribution >= 4 is 33.7 Å². The van der Waals surface area contributed by atoms with Crippen molar-refractivity contribution in [1.29, 1.82) is 5.26 Å². The van der Waals surface area contributed by atoms with Gasteiger partial charge in [0, 0.05) is 28.9 Å². The van der Waals surface area contributed by atoms with Gasteiger partial charge in [0.1, 0.15) is 22.6 Å². The molecule has 0 bridgehead atoms. The predicted molar refractivity (Wildman–Crippen MR) is 113 cm³/mol. The highest BCUT2D eigenvalue weighted by Gasteiger charge is 2.20. The quantitative estimate of drug-likeness (QED) is 0.423. The van der Waals surface area contributed by atoms with Gasteiger partial charge in [-0.1, -0.05) is 23.7 Å². The fourth-order valence-corrected chi connectivity index (χ4v) is 3.64. The topological polar surface area (TPSA) is 108 Å². The molecule has 0 radical (unpaired) electrons. The molecule has 30 heavy (non-hydrogen) atoms. The number of fused-ring (bicyclic) bond motifs is 2. The molecule has 5 aromatic rings. The number of nitrogens with one attached hydrogen (secondary N) is 1. The van der Waals surface area contributed by atoms with E-state index in [1.165, 1.54) is 12.3 Å². The number of hydrogen-bond donors (Lipinski definition) is 1. The fourth-order valence-electron chi connectivity index (χ4n) is 3.39. The average Bonchev–Trinajstić information content (AvgIpc) is 3.17. The molecule has 4 aromatic heterocycles. The van der Waals surface area contributed by atoms with Crippen LogP contribution in [0.3, 0.4) is 0 Å². The largest absolute Gasteiger partial charge is 0.453 e. The zero-order chi connectivity index (χ0) is 20.8. The molecule has 0 aliphatic heterocycles. The van der Waals surface area contributed by atoms with Crippen molar-refractivity contribution in [2.45, 2.75) is 6.92 Å². The first-order valence-electron chi connectivity index (χ1n) is 9.00. The van der Waals surface area contributed by atoms with Gasteiger partial charge in [-0.05, 0) is 31.2 Å². The zero-order valence-corrected chi connectivity index (χ0v) is 16.4. The normalized spacial score (nSPS) is 11.1. The second-order valence-electron chi connectivity index (χ2n) is 6.73. The number of nitrogens with zero attached hydrogens (tertiary/aromatic N) is 4. The van der Waals surface area contributed by atoms with Crippen molar-refractivity contribution < 1.29 is 4.42 Å². The first-order chi connectivity index (χ1) is 14.5. The third kappa shape index (κ3) is 2.91. The van der Waals surface area contributed by atoms with E-state index in [0.29, 0.717) is 50.4 Å². The molecule has 7 nitrogen and oxygen atoms in total. The maximum absolute atomic E-state index is 12.3. The number of H-pyrrole nitrogens is 1. The van der Waals surface area contributed by atoms with Gasteiger partial charge in [-0.15, -0.1) is 0 Å². The van der Waals surface area contributed by atoms with E-state index < -0.39 is 0 Å². The fraction of sp³-hybridized carbons (Fsp3) is 0.0455. The number of nitriles is 1. The summed E-state index contributed by atoms with van der Waals surface area (Å²) in [5.74, 6) is 0.424. The summed E-state index contributed by atoms with van der Waals surface area (Å²) < 4.78 is 6.01. The van der Waals surface area contributed by atoms with Crippen LogP contribution < -0.4 is 5.43 Å². The van der Waals surface area contributed by atoms with E-state index >= 15 is 0 Å². The maximum Gasteiger partial charge on any atom is 0.209 e. The van der Waals surface area contributed by atoms with Gasteiger partial charge in [-0.3, -0.25) is 4.79 Å². The number of para-hydroxylation sites is 1. The standard InChI is InChI=1S/C22H12ClN5O2/c1-11-7-14(9-17(23)26-11)18-20(28-22-19(27-18)15(29)5-6-25-22)16-8-12-3-2-4-13(10-24)21(12)30-16/h2-9H,1H3,(H,25,28,29). The predicted octanol–water partition coefficient (Wildman–Crippen LogP) is 4.63. The monoisotopic (exact) mass is 413 g/mol. The third-order valence-corrected chi connectivity index (χ3v) is 4.87. The molecule has 4 heterocycles. The minimum absolute atomic E-state index is 0.204. The maximum atomic E-state index is 12.3. The Bertz CT molecular complexity index is 1540. The van der Waals surface area contributed by atoms with Crippen molar-refractivity contribution in [2.24, 2.45) is 0 Å². The Kier molecular flexibility index (Phi) is 4.09. The Morgan fingerprint density at radius 2 is 1.97 bits per heavy atom. The molecule has 8 heteroatoms. The summed E-state index contributed by atoms with van der Waals surface area (Å²) in [5.41, 5.74) is 3.38. The van der Waals surface area contributed by atoms with Gasteiger partial charge in [0.2, 0.25) is 5.43 Å². The molecular weight excluding hydrogens is 402 g/mol. The molecule has 0 saturated carbocycles. The molecule has 1 aromatic carbocycles. The van der Waals surface area contributed by atoms with E-state index in [2.05, 4.69) is 26.0 Å². The molecule has 0 fully saturated rings. The second kappa shape index (κ2) is 6.79. The number of aromatic amines is 1. The SMILES string of the molecule is Cc1cc(-c2nc3c(=O)cc[nH]c3nc2-c2cc3cccc(C#N)c3o2)cc(Cl)n1. The Labute approximate surface area is 174 Å². The molecule has 0 atom stereocenters. The minimum Gasteiger partial charge on any atom is -0.453 e. The number of benzene rings is 1. The van der Waals surface area contributed by atoms with Crippen LogP contribution in [0.4, 0.5) is 0 Å². The van der Waals surface area contributed by atoms with Crippen molar-refractivity contribution in [3.63, 3.8) is 0 Å². The Morgan fingerprint density at radius 1 is 1.10 bits per heavy atom. The van der Waals surface area contributed by atoms with Crippen LogP contribution in [-0.4, -0.2) is 19.9 Å². The van der Waals surface area contributed by atoms with Gasteiger partial charge >= 0.3 is 0 Å². The Morgan fingerprint density at radius 3 is 2.77 bits per heavy atom. The number of halogens is 1. The van der Waals surface area contributed by atoms with E-state index in [4.69, 9.17) is 16.0 Å². The highest BCUT2D eigenvalue weighted by Crippen LogP contribution is 2.35. The first kappa shape index (κ1) is 18.0. The number of hydrogen-bond acceptors (Lipinski definition) is 6. The number of rotatable bonds is 2. The number of aryl methyl sites for hydroxylation is 1. The number of furan rings is 1. The first-order valence-corrected chi connectivity index (χ1v) is 9.38. The summed E-state index contributed by atoms with van der Waals surface area (Å²) in [5, 5.41) is 10.4. The number of aromatic nitrogens is 4. The highest BCUT2D eigenvalue weighted by molar-refractivity contribution is 6.29. The lowest BCUT2D eigenvalue weighted by atomic mass is 10.1. The van der Waals surface area contributed by atoms with Crippen molar-refractivity contribution in [1.82, 2.24) is 19.9 Å². The van der Waals surface area contributed by atoms with E-state index in [1.807, 2.05) is 19.1 Å². The van der Waals surface area contributed by atoms with E-state index in [-0.39, 0.29) is 10.9 Å². The lowest BCUT2D eigenvalue weighted by Gasteiger charge is -2.09. The number of pyridine rings is 2. The van der Waals surface area contributed by atoms with Crippen LogP contribution in [0.25, 0.3) is 44.8 Å². The third-order valence-electron chi connectivity index (χ3n) is 4.68. The van der Waals surface area contributed by atoms with Crippen LogP contribution in [0.2, 0.25) is 5.15 Å². The van der Waals surface area contributed by atoms with E-state index in [0.717, 1.165) is 5.39 Å². The summed E-state index contributed by atoms with van der Waals surface area (Å²) >= 11 is 6.17. The van der Waals surface area contributed by atoms with Crippen LogP contribution >= 0.6 is 11.6 Å². The summed E-state index contributed by atoms with van der Waals surface area (Å²) in [4.78, 5) is 28.7. The summed E-state index contributed by atoms with van der Waals surface area (Å²) in [6.45, 7) is 1.82. The zero-order valence-electron chi connectivity index (χ0n) is 15.6. The van der Waals surface area contributed by atoms with Crippen LogP contribution in [0.5, 0.6) is 0 Å². The Balaban J connectivity index is 1.87. The van der Waals surface area contributed by atoms with Gasteiger partial charge in [-0.2, -0.15) is 5.26 Å². The van der Waals surface area contributed by atoms with Crippen molar-refractivity contribution in [3.05, 3.63) is 75.3 Å². The average molecular weight is 414 g/mol. The molecule has 1 N–H and O–H groups in total. The van der Waals surface area contributed by atoms with Crippen LogP contribution in [0.15, 0.2) is 57.9 Å². The lowest BCUT2D eigenvalue weighted by molar-refractivity contribution is 0.628. The van der Waals surface area contributed by atoms with E-state index in [9.17, 15) is 10.1 Å². The van der Waals surface area contributed by atoms with E-state index in [1.54, 1.807) is 24.3 Å². The Hall–Kier alpha value is -4.02. The molecule has 0 aliphatic carbocycles. The minimum atomic E-state index is -0.253. The molecule has 0 amide bonds.